The normalized spacial score (nSPS) is 27.6. The van der Waals surface area contributed by atoms with Gasteiger partial charge in [-0.1, -0.05) is 115 Å². The number of hydrogen-bond acceptors (Lipinski definition) is 18. The molecular weight excluding hydrogens is 1390 g/mol. The van der Waals surface area contributed by atoms with Gasteiger partial charge in [0.25, 0.3) is 0 Å². The molecule has 35 heteroatoms. The van der Waals surface area contributed by atoms with E-state index in [0.29, 0.717) is 36.8 Å². The van der Waals surface area contributed by atoms with Crippen LogP contribution in [0.2, 0.25) is 0 Å². The van der Waals surface area contributed by atoms with Crippen LogP contribution in [0.15, 0.2) is 65.7 Å². The van der Waals surface area contributed by atoms with E-state index < -0.39 is 205 Å². The fourth-order valence-electron chi connectivity index (χ4n) is 13.3. The third-order valence-electron chi connectivity index (χ3n) is 19.9. The Hall–Kier alpha value is -10.3. The Morgan fingerprint density at radius 2 is 0.897 bits per heavy atom. The lowest BCUT2D eigenvalue weighted by atomic mass is 9.96. The van der Waals surface area contributed by atoms with Crippen molar-refractivity contribution in [2.75, 3.05) is 39.3 Å². The van der Waals surface area contributed by atoms with E-state index in [2.05, 4.69) is 63.5 Å². The molecule has 4 heterocycles. The maximum absolute atomic E-state index is 14.9. The second-order valence-electron chi connectivity index (χ2n) is 27.7. The zero-order valence-electron chi connectivity index (χ0n) is 61.8. The first-order valence-electron chi connectivity index (χ1n) is 36.8. The average molecular weight is 1500 g/mol. The van der Waals surface area contributed by atoms with Crippen LogP contribution in [0.1, 0.15) is 143 Å². The molecule has 0 unspecified atom stereocenters. The zero-order valence-corrected chi connectivity index (χ0v) is 61.8. The maximum Gasteiger partial charge on any atom is 0.305 e. The second kappa shape index (κ2) is 41.5. The Kier molecular flexibility index (Phi) is 33.2. The van der Waals surface area contributed by atoms with E-state index in [4.69, 9.17) is 11.5 Å². The molecule has 0 saturated carbocycles. The summed E-state index contributed by atoms with van der Waals surface area (Å²) >= 11 is 0. The number of carboxylic acid groups (broad SMARTS) is 1. The van der Waals surface area contributed by atoms with Gasteiger partial charge < -0.3 is 100.0 Å². The summed E-state index contributed by atoms with van der Waals surface area (Å²) in [5.41, 5.74) is 12.1. The molecule has 0 bridgehead atoms. The lowest BCUT2D eigenvalue weighted by Gasteiger charge is -2.35. The molecule has 4 fully saturated rings. The number of amides is 14. The first-order valence-corrected chi connectivity index (χ1v) is 36.8. The SMILES string of the molecule is CC[C@@H]1NC(=O)[C@H](CCCN=C(N)N)NC(=O)CNC(=O)[C@H](CC(=O)O)NC(=O)[C@@H]2CCCN2C(=O)[C@H](Cc2ccccc2)NC(=O)[C@H](CC)NC(=O)[C@H]([C@@H](C)CC)NC(=O)[C@@H]2CCCN2C(=O)[C@@H]2CCCN2C(=O)[C@H]([C@@H](C)CC)NC(=O)[C@H](CO)NC(=O)[C@H](Cc2ccccc2)NC(=O)[C@H]([C@@H](C)O)NC1=O. The third kappa shape index (κ3) is 24.4. The number of fused-ring (bicyclic) bond motifs is 3. The standard InChI is InChI=1S/C72H107N17O18/c1-8-39(5)56-67(103)79-44(10-3)60(96)82-49(35-43-24-16-13-17-25-43)69(105)87-31-19-27-51(87)65(101)80-48(36-55(93)94)59(95)76-37-54(92)77-46(26-18-30-75-72(73)74)62(98)78-45(11-4)61(97)86-58(41(7)91)68(104)81-47(34-42-22-14-12-15-23-42)63(99)83-50(38-90)64(100)85-57(40(6)9-2)71(107)89-33-21-29-53(89)70(106)88-32-20-28-52(88)66(102)84-56/h12-17,22-25,39-41,44-53,56-58,90-91H,8-11,18-21,26-38H2,1-7H3,(H,76,95)(H,77,92)(H,78,98)(H,79,103)(H,80,101)(H,81,104)(H,82,96)(H,83,99)(H,84,102)(H,85,100)(H,86,97)(H,93,94)(H4,73,74,75)/t39-,40-,41+,44-,45-,46-,47-,48-,49-,50-,51-,52-,53-,56-,57-,58-/m0/s1. The summed E-state index contributed by atoms with van der Waals surface area (Å²) in [7, 11) is 0. The van der Waals surface area contributed by atoms with Crippen molar-refractivity contribution < 1.29 is 87.2 Å². The number of aliphatic imine (C=N–C) groups is 1. The van der Waals surface area contributed by atoms with Crippen molar-refractivity contribution in [2.24, 2.45) is 28.3 Å². The third-order valence-corrected chi connectivity index (χ3v) is 19.9. The van der Waals surface area contributed by atoms with E-state index in [9.17, 15) is 87.2 Å². The van der Waals surface area contributed by atoms with E-state index in [1.54, 1.807) is 95.3 Å². The maximum atomic E-state index is 14.9. The van der Waals surface area contributed by atoms with Crippen LogP contribution in [0.3, 0.4) is 0 Å². The molecule has 18 N–H and O–H groups in total. The number of hydrogen-bond donors (Lipinski definition) is 16. The van der Waals surface area contributed by atoms with Crippen molar-refractivity contribution in [1.82, 2.24) is 73.2 Å². The van der Waals surface area contributed by atoms with Crippen LogP contribution in [0.4, 0.5) is 0 Å². The molecular formula is C72H107N17O18. The van der Waals surface area contributed by atoms with Crippen molar-refractivity contribution in [1.29, 1.82) is 0 Å². The number of aliphatic hydroxyl groups excluding tert-OH is 2. The number of rotatable bonds is 18. The molecule has 6 rings (SSSR count). The van der Waals surface area contributed by atoms with Gasteiger partial charge in [-0.3, -0.25) is 76.9 Å². The van der Waals surface area contributed by atoms with Gasteiger partial charge in [0, 0.05) is 39.0 Å². The number of carboxylic acids is 1. The van der Waals surface area contributed by atoms with Crippen molar-refractivity contribution in [3.05, 3.63) is 71.8 Å². The quantitative estimate of drug-likeness (QED) is 0.0387. The highest BCUT2D eigenvalue weighted by Crippen LogP contribution is 2.28. The van der Waals surface area contributed by atoms with Crippen LogP contribution in [0, 0.1) is 11.8 Å². The summed E-state index contributed by atoms with van der Waals surface area (Å²) in [5, 5.41) is 59.9. The molecule has 35 nitrogen and oxygen atoms in total. The minimum absolute atomic E-state index is 0.0186. The van der Waals surface area contributed by atoms with E-state index in [1.165, 1.54) is 21.6 Å². The van der Waals surface area contributed by atoms with Crippen molar-refractivity contribution >= 4 is 94.6 Å². The molecule has 4 aliphatic heterocycles. The molecule has 2 aromatic carbocycles. The number of carbonyl (C=O) groups excluding carboxylic acids is 14. The fourth-order valence-corrected chi connectivity index (χ4v) is 13.3. The lowest BCUT2D eigenvalue weighted by molar-refractivity contribution is -0.149. The fraction of sp³-hybridized carbons (Fsp3) is 0.611. The van der Waals surface area contributed by atoms with Crippen LogP contribution in [0.25, 0.3) is 0 Å². The van der Waals surface area contributed by atoms with Crippen LogP contribution in [-0.4, -0.2) is 249 Å². The van der Waals surface area contributed by atoms with E-state index in [1.807, 2.05) is 0 Å². The monoisotopic (exact) mass is 1500 g/mol. The number of aliphatic carboxylic acids is 1. The summed E-state index contributed by atoms with van der Waals surface area (Å²) in [5.74, 6) is -15.5. The molecule has 0 aliphatic carbocycles. The number of aliphatic hydroxyl groups is 2. The van der Waals surface area contributed by atoms with Crippen LogP contribution < -0.4 is 70.0 Å². The predicted octanol–water partition coefficient (Wildman–Crippen LogP) is -3.76. The molecule has 4 aliphatic rings. The molecule has 16 atom stereocenters. The number of nitrogens with two attached hydrogens (primary N) is 2. The van der Waals surface area contributed by atoms with Crippen molar-refractivity contribution in [3.8, 4) is 0 Å². The molecule has 0 spiro atoms. The Labute approximate surface area is 621 Å². The van der Waals surface area contributed by atoms with Gasteiger partial charge in [-0.05, 0) is 94.1 Å². The predicted molar refractivity (Wildman–Crippen MR) is 387 cm³/mol. The summed E-state index contributed by atoms with van der Waals surface area (Å²) in [6, 6.07) is -2.05. The number of guanidine groups is 1. The molecule has 107 heavy (non-hydrogen) atoms. The Bertz CT molecular complexity index is 3510. The van der Waals surface area contributed by atoms with Gasteiger partial charge in [0.15, 0.2) is 5.96 Å². The summed E-state index contributed by atoms with van der Waals surface area (Å²) < 4.78 is 0. The first kappa shape index (κ1) is 85.6. The minimum atomic E-state index is -1.85. The van der Waals surface area contributed by atoms with Crippen molar-refractivity contribution in [2.45, 2.75) is 229 Å². The topological polar surface area (TPSA) is 523 Å². The molecule has 0 aromatic heterocycles. The van der Waals surface area contributed by atoms with Crippen LogP contribution in [0.5, 0.6) is 0 Å². The van der Waals surface area contributed by atoms with Gasteiger partial charge in [0.1, 0.15) is 78.5 Å². The molecule has 4 saturated heterocycles. The van der Waals surface area contributed by atoms with Gasteiger partial charge >= 0.3 is 5.97 Å². The lowest BCUT2D eigenvalue weighted by Crippen LogP contribution is -2.63. The van der Waals surface area contributed by atoms with Crippen LogP contribution >= 0.6 is 0 Å². The van der Waals surface area contributed by atoms with Gasteiger partial charge in [0.05, 0.1) is 25.7 Å². The second-order valence-corrected chi connectivity index (χ2v) is 27.7. The number of nitrogens with one attached hydrogen (secondary N) is 11. The van der Waals surface area contributed by atoms with E-state index >= 15 is 0 Å². The highest BCUT2D eigenvalue weighted by molar-refractivity contribution is 6.01. The summed E-state index contributed by atoms with van der Waals surface area (Å²) in [6.07, 6.45) is -1.35. The summed E-state index contributed by atoms with van der Waals surface area (Å²) in [4.78, 5) is 222. The number of nitrogens with zero attached hydrogens (tertiary/aromatic N) is 4. The number of carbonyl (C=O) groups is 15. The Morgan fingerprint density at radius 1 is 0.477 bits per heavy atom. The largest absolute Gasteiger partial charge is 0.481 e. The van der Waals surface area contributed by atoms with E-state index in [0.717, 1.165) is 6.92 Å². The minimum Gasteiger partial charge on any atom is -0.481 e. The van der Waals surface area contributed by atoms with E-state index in [-0.39, 0.29) is 96.3 Å². The molecule has 2 aromatic rings. The molecule has 588 valence electrons. The zero-order chi connectivity index (χ0) is 78.8. The highest BCUT2D eigenvalue weighted by atomic mass is 16.4. The van der Waals surface area contributed by atoms with Crippen LogP contribution in [-0.2, 0) is 84.8 Å². The summed E-state index contributed by atoms with van der Waals surface area (Å²) in [6.45, 7) is 9.38. The average Bonchev–Trinajstić information content (AvgIpc) is 1.67. The van der Waals surface area contributed by atoms with Gasteiger partial charge in [-0.2, -0.15) is 0 Å². The van der Waals surface area contributed by atoms with Gasteiger partial charge in [0.2, 0.25) is 82.7 Å². The molecule has 14 amide bonds. The Balaban J connectivity index is 1.35. The number of benzene rings is 2. The smallest absolute Gasteiger partial charge is 0.305 e. The van der Waals surface area contributed by atoms with Gasteiger partial charge in [-0.25, -0.2) is 0 Å². The Morgan fingerprint density at radius 3 is 1.43 bits per heavy atom. The van der Waals surface area contributed by atoms with Gasteiger partial charge in [-0.15, -0.1) is 0 Å². The first-order chi connectivity index (χ1) is 50.9. The van der Waals surface area contributed by atoms with Crippen molar-refractivity contribution in [3.63, 3.8) is 0 Å². The molecule has 0 radical (unpaired) electrons. The highest BCUT2D eigenvalue weighted by Gasteiger charge is 2.47.